The Kier molecular flexibility index (Phi) is 5.19. The van der Waals surface area contributed by atoms with Crippen LogP contribution < -0.4 is 5.32 Å². The molecule has 0 radical (unpaired) electrons. The summed E-state index contributed by atoms with van der Waals surface area (Å²) >= 11 is 0. The lowest BCUT2D eigenvalue weighted by atomic mass is 10.1. The zero-order valence-corrected chi connectivity index (χ0v) is 11.3. The van der Waals surface area contributed by atoms with Crippen LogP contribution in [0.15, 0.2) is 18.2 Å². The molecule has 108 valence electrons. The molecule has 1 aromatic carbocycles. The van der Waals surface area contributed by atoms with Crippen molar-refractivity contribution in [1.82, 2.24) is 5.32 Å². The molecule has 0 aromatic heterocycles. The SMILES string of the molecule is Cc1cc(C(=O)NC(C)CCC(=O)O)cc([N+](=O)[O-])c1. The number of nitro benzene ring substituents is 1. The molecule has 0 heterocycles. The molecule has 0 spiro atoms. The number of carboxylic acids is 1. The minimum atomic E-state index is -0.933. The third kappa shape index (κ3) is 4.68. The van der Waals surface area contributed by atoms with E-state index in [0.717, 1.165) is 0 Å². The number of nitro groups is 1. The van der Waals surface area contributed by atoms with Crippen LogP contribution in [0.1, 0.15) is 35.7 Å². The summed E-state index contributed by atoms with van der Waals surface area (Å²) in [6.07, 6.45) is 0.254. The normalized spacial score (nSPS) is 11.7. The van der Waals surface area contributed by atoms with E-state index in [1.54, 1.807) is 19.9 Å². The quantitative estimate of drug-likeness (QED) is 0.610. The van der Waals surface area contributed by atoms with Gasteiger partial charge in [-0.1, -0.05) is 0 Å². The molecule has 0 fully saturated rings. The summed E-state index contributed by atoms with van der Waals surface area (Å²) < 4.78 is 0. The van der Waals surface area contributed by atoms with E-state index >= 15 is 0 Å². The number of benzene rings is 1. The minimum absolute atomic E-state index is 0.0462. The van der Waals surface area contributed by atoms with E-state index in [4.69, 9.17) is 5.11 Å². The van der Waals surface area contributed by atoms with Gasteiger partial charge in [0.1, 0.15) is 0 Å². The van der Waals surface area contributed by atoms with Gasteiger partial charge in [-0.3, -0.25) is 19.7 Å². The van der Waals surface area contributed by atoms with Crippen molar-refractivity contribution in [1.29, 1.82) is 0 Å². The van der Waals surface area contributed by atoms with Gasteiger partial charge < -0.3 is 10.4 Å². The van der Waals surface area contributed by atoms with Crippen LogP contribution in [0.5, 0.6) is 0 Å². The fourth-order valence-corrected chi connectivity index (χ4v) is 1.72. The number of amides is 1. The van der Waals surface area contributed by atoms with E-state index in [1.165, 1.54) is 12.1 Å². The van der Waals surface area contributed by atoms with Gasteiger partial charge in [0.05, 0.1) is 4.92 Å². The molecule has 0 saturated heterocycles. The molecule has 0 aliphatic heterocycles. The van der Waals surface area contributed by atoms with Gasteiger partial charge in [-0.2, -0.15) is 0 Å². The van der Waals surface area contributed by atoms with Crippen LogP contribution in [0.2, 0.25) is 0 Å². The number of carbonyl (C=O) groups is 2. The Labute approximate surface area is 115 Å². The number of aryl methyl sites for hydroxylation is 1. The van der Waals surface area contributed by atoms with Crippen molar-refractivity contribution < 1.29 is 19.6 Å². The number of nitrogens with zero attached hydrogens (tertiary/aromatic N) is 1. The van der Waals surface area contributed by atoms with Crippen LogP contribution in [0.4, 0.5) is 5.69 Å². The first-order valence-electron chi connectivity index (χ1n) is 6.08. The molecule has 20 heavy (non-hydrogen) atoms. The maximum atomic E-state index is 11.9. The second-order valence-corrected chi connectivity index (χ2v) is 4.62. The molecule has 2 N–H and O–H groups in total. The first-order valence-corrected chi connectivity index (χ1v) is 6.08. The second-order valence-electron chi connectivity index (χ2n) is 4.62. The maximum Gasteiger partial charge on any atom is 0.303 e. The minimum Gasteiger partial charge on any atom is -0.481 e. The maximum absolute atomic E-state index is 11.9. The molecule has 0 bridgehead atoms. The average molecular weight is 280 g/mol. The Morgan fingerprint density at radius 2 is 2.05 bits per heavy atom. The van der Waals surface area contributed by atoms with E-state index in [-0.39, 0.29) is 23.7 Å². The number of non-ortho nitro benzene ring substituents is 1. The summed E-state index contributed by atoms with van der Waals surface area (Å²) in [5.41, 5.74) is 0.662. The van der Waals surface area contributed by atoms with Crippen molar-refractivity contribution in [3.05, 3.63) is 39.4 Å². The molecule has 1 atom stereocenters. The van der Waals surface area contributed by atoms with Crippen molar-refractivity contribution in [2.45, 2.75) is 32.7 Å². The van der Waals surface area contributed by atoms with Gasteiger partial charge in [0, 0.05) is 30.2 Å². The van der Waals surface area contributed by atoms with E-state index in [9.17, 15) is 19.7 Å². The smallest absolute Gasteiger partial charge is 0.303 e. The Morgan fingerprint density at radius 1 is 1.40 bits per heavy atom. The van der Waals surface area contributed by atoms with Crippen LogP contribution in [0, 0.1) is 17.0 Å². The topological polar surface area (TPSA) is 110 Å². The number of hydrogen-bond acceptors (Lipinski definition) is 4. The number of carbonyl (C=O) groups excluding carboxylic acids is 1. The van der Waals surface area contributed by atoms with Crippen molar-refractivity contribution in [2.75, 3.05) is 0 Å². The summed E-state index contributed by atoms with van der Waals surface area (Å²) in [5.74, 6) is -1.38. The molecule has 0 aliphatic carbocycles. The second kappa shape index (κ2) is 6.65. The van der Waals surface area contributed by atoms with Crippen LogP contribution in [0.3, 0.4) is 0 Å². The van der Waals surface area contributed by atoms with E-state index in [1.807, 2.05) is 0 Å². The highest BCUT2D eigenvalue weighted by Gasteiger charge is 2.15. The predicted molar refractivity (Wildman–Crippen MR) is 71.6 cm³/mol. The Balaban J connectivity index is 2.77. The van der Waals surface area contributed by atoms with Crippen molar-refractivity contribution in [3.63, 3.8) is 0 Å². The van der Waals surface area contributed by atoms with Crippen molar-refractivity contribution in [2.24, 2.45) is 0 Å². The third-order valence-electron chi connectivity index (χ3n) is 2.70. The highest BCUT2D eigenvalue weighted by atomic mass is 16.6. The predicted octanol–water partition coefficient (Wildman–Crippen LogP) is 1.89. The Morgan fingerprint density at radius 3 is 2.60 bits per heavy atom. The number of nitrogens with one attached hydrogen (secondary N) is 1. The Hall–Kier alpha value is -2.44. The number of aliphatic carboxylic acids is 1. The number of carboxylic acid groups (broad SMARTS) is 1. The molecule has 0 saturated carbocycles. The molecule has 0 aliphatic rings. The fourth-order valence-electron chi connectivity index (χ4n) is 1.72. The van der Waals surface area contributed by atoms with Crippen molar-refractivity contribution in [3.8, 4) is 0 Å². The van der Waals surface area contributed by atoms with Crippen molar-refractivity contribution >= 4 is 17.6 Å². The Bertz CT molecular complexity index is 542. The molecule has 1 rings (SSSR count). The lowest BCUT2D eigenvalue weighted by Crippen LogP contribution is -2.33. The zero-order valence-electron chi connectivity index (χ0n) is 11.3. The summed E-state index contributed by atoms with van der Waals surface area (Å²) in [4.78, 5) is 32.6. The summed E-state index contributed by atoms with van der Waals surface area (Å²) in [7, 11) is 0. The van der Waals surface area contributed by atoms with Gasteiger partial charge in [-0.05, 0) is 31.9 Å². The van der Waals surface area contributed by atoms with Gasteiger partial charge in [0.2, 0.25) is 0 Å². The van der Waals surface area contributed by atoms with Gasteiger partial charge in [0.15, 0.2) is 0 Å². The lowest BCUT2D eigenvalue weighted by Gasteiger charge is -2.13. The van der Waals surface area contributed by atoms with Gasteiger partial charge >= 0.3 is 5.97 Å². The highest BCUT2D eigenvalue weighted by molar-refractivity contribution is 5.95. The van der Waals surface area contributed by atoms with E-state index in [0.29, 0.717) is 12.0 Å². The van der Waals surface area contributed by atoms with Crippen LogP contribution in [0.25, 0.3) is 0 Å². The summed E-state index contributed by atoms with van der Waals surface area (Å²) in [6, 6.07) is 3.81. The monoisotopic (exact) mass is 280 g/mol. The number of hydrogen-bond donors (Lipinski definition) is 2. The molecule has 7 heteroatoms. The molecule has 7 nitrogen and oxygen atoms in total. The summed E-state index contributed by atoms with van der Waals surface area (Å²) in [6.45, 7) is 3.35. The molecular formula is C13H16N2O5. The van der Waals surface area contributed by atoms with Crippen LogP contribution in [-0.2, 0) is 4.79 Å². The fraction of sp³-hybridized carbons (Fsp3) is 0.385. The highest BCUT2D eigenvalue weighted by Crippen LogP contribution is 2.17. The van der Waals surface area contributed by atoms with Gasteiger partial charge in [-0.25, -0.2) is 0 Å². The largest absolute Gasteiger partial charge is 0.481 e. The first kappa shape index (κ1) is 15.6. The van der Waals surface area contributed by atoms with Gasteiger partial charge in [-0.15, -0.1) is 0 Å². The summed E-state index contributed by atoms with van der Waals surface area (Å²) in [5, 5.41) is 21.9. The zero-order chi connectivity index (χ0) is 15.3. The molecular weight excluding hydrogens is 264 g/mol. The third-order valence-corrected chi connectivity index (χ3v) is 2.70. The lowest BCUT2D eigenvalue weighted by molar-refractivity contribution is -0.384. The standard InChI is InChI=1S/C13H16N2O5/c1-8-5-10(7-11(6-8)15(19)20)13(18)14-9(2)3-4-12(16)17/h5-7,9H,3-4H2,1-2H3,(H,14,18)(H,16,17). The molecule has 1 aromatic rings. The number of rotatable bonds is 6. The molecule has 1 amide bonds. The molecule has 1 unspecified atom stereocenters. The van der Waals surface area contributed by atoms with Gasteiger partial charge in [0.25, 0.3) is 11.6 Å². The van der Waals surface area contributed by atoms with Crippen LogP contribution in [-0.4, -0.2) is 27.9 Å². The average Bonchev–Trinajstić information content (AvgIpc) is 2.35. The van der Waals surface area contributed by atoms with Crippen LogP contribution >= 0.6 is 0 Å². The first-order chi connectivity index (χ1) is 9.29. The van der Waals surface area contributed by atoms with E-state index < -0.39 is 16.8 Å². The van der Waals surface area contributed by atoms with E-state index in [2.05, 4.69) is 5.32 Å².